The summed E-state index contributed by atoms with van der Waals surface area (Å²) in [6.45, 7) is 6.06. The summed E-state index contributed by atoms with van der Waals surface area (Å²) in [6, 6.07) is 7.85. The zero-order valence-corrected chi connectivity index (χ0v) is 12.0. The Labute approximate surface area is 111 Å². The molecule has 1 unspecified atom stereocenters. The molecule has 3 nitrogen and oxygen atoms in total. The third-order valence-electron chi connectivity index (χ3n) is 2.51. The second-order valence-corrected chi connectivity index (χ2v) is 4.83. The first-order valence-corrected chi connectivity index (χ1v) is 6.52. The number of nitrogens with one attached hydrogen (secondary N) is 1. The van der Waals surface area contributed by atoms with Crippen molar-refractivity contribution in [3.63, 3.8) is 0 Å². The predicted molar refractivity (Wildman–Crippen MR) is 71.8 cm³/mol. The first-order valence-electron chi connectivity index (χ1n) is 5.72. The summed E-state index contributed by atoms with van der Waals surface area (Å²) in [7, 11) is 0. The van der Waals surface area contributed by atoms with Crippen LogP contribution in [0.3, 0.4) is 0 Å². The number of halogens is 1. The van der Waals surface area contributed by atoms with Gasteiger partial charge in [-0.25, -0.2) is 0 Å². The van der Waals surface area contributed by atoms with Gasteiger partial charge in [0.1, 0.15) is 6.04 Å². The zero-order chi connectivity index (χ0) is 12.8. The van der Waals surface area contributed by atoms with Gasteiger partial charge in [-0.05, 0) is 38.5 Å². The van der Waals surface area contributed by atoms with Crippen LogP contribution in [0.15, 0.2) is 28.7 Å². The Kier molecular flexibility index (Phi) is 5.65. The molecule has 0 amide bonds. The van der Waals surface area contributed by atoms with Crippen molar-refractivity contribution in [2.24, 2.45) is 0 Å². The Morgan fingerprint density at radius 2 is 1.94 bits per heavy atom. The number of benzene rings is 1. The SMILES string of the molecule is CCOC(=O)C(C)N[C@@H](C)c1ccc(Br)cc1. The van der Waals surface area contributed by atoms with Crippen LogP contribution < -0.4 is 5.32 Å². The van der Waals surface area contributed by atoms with Crippen LogP contribution in [0.5, 0.6) is 0 Å². The summed E-state index contributed by atoms with van der Waals surface area (Å²) in [4.78, 5) is 11.5. The van der Waals surface area contributed by atoms with E-state index in [2.05, 4.69) is 21.2 Å². The van der Waals surface area contributed by atoms with Gasteiger partial charge in [0.05, 0.1) is 6.61 Å². The van der Waals surface area contributed by atoms with E-state index in [1.54, 1.807) is 0 Å². The molecule has 1 aromatic carbocycles. The molecule has 1 rings (SSSR count). The minimum atomic E-state index is -0.298. The fraction of sp³-hybridized carbons (Fsp3) is 0.462. The molecule has 0 saturated carbocycles. The maximum atomic E-state index is 11.5. The average molecular weight is 300 g/mol. The normalized spacial score (nSPS) is 14.1. The largest absolute Gasteiger partial charge is 0.465 e. The van der Waals surface area contributed by atoms with Crippen LogP contribution in [0.25, 0.3) is 0 Å². The molecule has 0 saturated heterocycles. The van der Waals surface area contributed by atoms with E-state index in [9.17, 15) is 4.79 Å². The second kappa shape index (κ2) is 6.77. The van der Waals surface area contributed by atoms with Crippen LogP contribution in [0, 0.1) is 0 Å². The van der Waals surface area contributed by atoms with E-state index >= 15 is 0 Å². The van der Waals surface area contributed by atoms with Crippen LogP contribution in [-0.2, 0) is 9.53 Å². The van der Waals surface area contributed by atoms with Crippen LogP contribution >= 0.6 is 15.9 Å². The lowest BCUT2D eigenvalue weighted by Gasteiger charge is -2.19. The summed E-state index contributed by atoms with van der Waals surface area (Å²) in [5.74, 6) is -0.212. The molecule has 17 heavy (non-hydrogen) atoms. The maximum absolute atomic E-state index is 11.5. The molecule has 1 N–H and O–H groups in total. The molecule has 0 fully saturated rings. The highest BCUT2D eigenvalue weighted by Gasteiger charge is 2.16. The lowest BCUT2D eigenvalue weighted by Crippen LogP contribution is -2.37. The highest BCUT2D eigenvalue weighted by Crippen LogP contribution is 2.17. The Bertz CT molecular complexity index is 364. The molecule has 0 aliphatic heterocycles. The molecule has 0 aromatic heterocycles. The molecule has 0 heterocycles. The van der Waals surface area contributed by atoms with Gasteiger partial charge < -0.3 is 4.74 Å². The fourth-order valence-electron chi connectivity index (χ4n) is 1.56. The number of hydrogen-bond acceptors (Lipinski definition) is 3. The summed E-state index contributed by atoms with van der Waals surface area (Å²) >= 11 is 3.39. The highest BCUT2D eigenvalue weighted by atomic mass is 79.9. The van der Waals surface area contributed by atoms with Gasteiger partial charge in [-0.3, -0.25) is 10.1 Å². The Hall–Kier alpha value is -0.870. The molecular weight excluding hydrogens is 282 g/mol. The first kappa shape index (κ1) is 14.2. The van der Waals surface area contributed by atoms with Gasteiger partial charge in [0, 0.05) is 10.5 Å². The minimum absolute atomic E-state index is 0.113. The number of carbonyl (C=O) groups is 1. The Morgan fingerprint density at radius 3 is 2.47 bits per heavy atom. The molecule has 2 atom stereocenters. The van der Waals surface area contributed by atoms with Crippen molar-refractivity contribution in [2.75, 3.05) is 6.61 Å². The summed E-state index contributed by atoms with van der Waals surface area (Å²) in [5, 5.41) is 3.21. The first-order chi connectivity index (χ1) is 8.04. The third kappa shape index (κ3) is 4.48. The van der Waals surface area contributed by atoms with Crippen molar-refractivity contribution >= 4 is 21.9 Å². The van der Waals surface area contributed by atoms with E-state index in [1.807, 2.05) is 45.0 Å². The van der Waals surface area contributed by atoms with Gasteiger partial charge in [-0.15, -0.1) is 0 Å². The summed E-state index contributed by atoms with van der Waals surface area (Å²) in [5.41, 5.74) is 1.14. The Morgan fingerprint density at radius 1 is 1.35 bits per heavy atom. The molecule has 0 radical (unpaired) electrons. The third-order valence-corrected chi connectivity index (χ3v) is 3.04. The fourth-order valence-corrected chi connectivity index (χ4v) is 1.82. The highest BCUT2D eigenvalue weighted by molar-refractivity contribution is 9.10. The maximum Gasteiger partial charge on any atom is 0.322 e. The van der Waals surface area contributed by atoms with Crippen LogP contribution in [0.2, 0.25) is 0 Å². The van der Waals surface area contributed by atoms with Gasteiger partial charge in [0.15, 0.2) is 0 Å². The number of carbonyl (C=O) groups excluding carboxylic acids is 1. The van der Waals surface area contributed by atoms with E-state index < -0.39 is 0 Å². The van der Waals surface area contributed by atoms with Crippen LogP contribution in [0.4, 0.5) is 0 Å². The standard InChI is InChI=1S/C13H18BrNO2/c1-4-17-13(16)10(3)15-9(2)11-5-7-12(14)8-6-11/h5-10,15H,4H2,1-3H3/t9-,10?/m0/s1. The average Bonchev–Trinajstić information content (AvgIpc) is 2.30. The Balaban J connectivity index is 2.56. The van der Waals surface area contributed by atoms with Gasteiger partial charge in [0.25, 0.3) is 0 Å². The second-order valence-electron chi connectivity index (χ2n) is 3.91. The topological polar surface area (TPSA) is 38.3 Å². The van der Waals surface area contributed by atoms with Crippen LogP contribution in [-0.4, -0.2) is 18.6 Å². The van der Waals surface area contributed by atoms with Gasteiger partial charge in [-0.1, -0.05) is 28.1 Å². The quantitative estimate of drug-likeness (QED) is 0.849. The monoisotopic (exact) mass is 299 g/mol. The zero-order valence-electron chi connectivity index (χ0n) is 10.4. The lowest BCUT2D eigenvalue weighted by atomic mass is 10.1. The molecular formula is C13H18BrNO2. The summed E-state index contributed by atoms with van der Waals surface area (Å²) < 4.78 is 6.00. The van der Waals surface area contributed by atoms with Crippen molar-refractivity contribution in [3.05, 3.63) is 34.3 Å². The number of rotatable bonds is 5. The number of ether oxygens (including phenoxy) is 1. The smallest absolute Gasteiger partial charge is 0.322 e. The molecule has 4 heteroatoms. The number of esters is 1. The van der Waals surface area contributed by atoms with Crippen molar-refractivity contribution < 1.29 is 9.53 Å². The van der Waals surface area contributed by atoms with E-state index in [0.29, 0.717) is 6.61 Å². The van der Waals surface area contributed by atoms with Crippen LogP contribution in [0.1, 0.15) is 32.4 Å². The molecule has 0 spiro atoms. The molecule has 0 bridgehead atoms. The van der Waals surface area contributed by atoms with Crippen molar-refractivity contribution in [1.29, 1.82) is 0 Å². The number of hydrogen-bond donors (Lipinski definition) is 1. The summed E-state index contributed by atoms with van der Waals surface area (Å²) in [6.07, 6.45) is 0. The van der Waals surface area contributed by atoms with E-state index in [0.717, 1.165) is 10.0 Å². The van der Waals surface area contributed by atoms with Crippen molar-refractivity contribution in [2.45, 2.75) is 32.9 Å². The van der Waals surface area contributed by atoms with Crippen molar-refractivity contribution in [1.82, 2.24) is 5.32 Å². The molecule has 0 aliphatic carbocycles. The van der Waals surface area contributed by atoms with E-state index in [-0.39, 0.29) is 18.1 Å². The predicted octanol–water partition coefficient (Wildman–Crippen LogP) is 3.05. The van der Waals surface area contributed by atoms with Gasteiger partial charge in [0.2, 0.25) is 0 Å². The van der Waals surface area contributed by atoms with Crippen molar-refractivity contribution in [3.8, 4) is 0 Å². The molecule has 0 aliphatic rings. The minimum Gasteiger partial charge on any atom is -0.465 e. The molecule has 94 valence electrons. The van der Waals surface area contributed by atoms with Gasteiger partial charge in [-0.2, -0.15) is 0 Å². The van der Waals surface area contributed by atoms with Gasteiger partial charge >= 0.3 is 5.97 Å². The van der Waals surface area contributed by atoms with E-state index in [1.165, 1.54) is 0 Å². The van der Waals surface area contributed by atoms with E-state index in [4.69, 9.17) is 4.74 Å². The molecule has 1 aromatic rings. The lowest BCUT2D eigenvalue weighted by molar-refractivity contribution is -0.145.